The van der Waals surface area contributed by atoms with Crippen molar-refractivity contribution in [3.8, 4) is 5.75 Å². The van der Waals surface area contributed by atoms with Crippen LogP contribution in [0.1, 0.15) is 47.4 Å². The van der Waals surface area contributed by atoms with Crippen molar-refractivity contribution in [2.24, 2.45) is 0 Å². The lowest BCUT2D eigenvalue weighted by Gasteiger charge is -2.09. The van der Waals surface area contributed by atoms with Crippen molar-refractivity contribution < 1.29 is 19.1 Å². The summed E-state index contributed by atoms with van der Waals surface area (Å²) in [5.41, 5.74) is 1.43. The molecule has 0 unspecified atom stereocenters. The van der Waals surface area contributed by atoms with Crippen LogP contribution in [0.25, 0.3) is 0 Å². The number of carbonyl (C=O) groups excluding carboxylic acids is 2. The summed E-state index contributed by atoms with van der Waals surface area (Å²) in [7, 11) is 0. The van der Waals surface area contributed by atoms with Gasteiger partial charge in [0.25, 0.3) is 5.91 Å². The van der Waals surface area contributed by atoms with Crippen LogP contribution in [0.2, 0.25) is 0 Å². The number of amides is 1. The largest absolute Gasteiger partial charge is 0.494 e. The monoisotopic (exact) mass is 341 g/mol. The first-order chi connectivity index (χ1) is 12.1. The molecule has 1 amide bonds. The second-order valence-corrected chi connectivity index (χ2v) is 5.49. The molecule has 2 aromatic carbocycles. The van der Waals surface area contributed by atoms with Gasteiger partial charge in [0.2, 0.25) is 0 Å². The first-order valence-electron chi connectivity index (χ1n) is 8.45. The molecule has 0 aliphatic carbocycles. The summed E-state index contributed by atoms with van der Waals surface area (Å²) >= 11 is 0. The molecular formula is C20H23NO4. The fourth-order valence-electron chi connectivity index (χ4n) is 2.20. The Kier molecular flexibility index (Phi) is 7.01. The van der Waals surface area contributed by atoms with Crippen molar-refractivity contribution >= 4 is 17.6 Å². The van der Waals surface area contributed by atoms with Crippen LogP contribution in [0.5, 0.6) is 5.75 Å². The van der Waals surface area contributed by atoms with Crippen LogP contribution in [0.3, 0.4) is 0 Å². The van der Waals surface area contributed by atoms with Crippen LogP contribution < -0.4 is 10.1 Å². The summed E-state index contributed by atoms with van der Waals surface area (Å²) in [6, 6.07) is 13.7. The molecule has 2 aromatic rings. The van der Waals surface area contributed by atoms with E-state index in [1.807, 2.05) is 6.07 Å². The summed E-state index contributed by atoms with van der Waals surface area (Å²) in [5, 5.41) is 2.79. The molecule has 25 heavy (non-hydrogen) atoms. The summed E-state index contributed by atoms with van der Waals surface area (Å²) in [6.45, 7) is 4.78. The highest BCUT2D eigenvalue weighted by atomic mass is 16.5. The smallest absolute Gasteiger partial charge is 0.338 e. The number of nitrogens with one attached hydrogen (secondary N) is 1. The summed E-state index contributed by atoms with van der Waals surface area (Å²) < 4.78 is 10.6. The van der Waals surface area contributed by atoms with Crippen LogP contribution in [0.15, 0.2) is 48.5 Å². The molecule has 2 rings (SSSR count). The molecule has 0 bridgehead atoms. The Hall–Kier alpha value is -2.82. The molecule has 0 aromatic heterocycles. The standard InChI is InChI=1S/C20H23NO4/c1-3-5-12-25-18-11-7-8-15(14-18)19(22)21-17-10-6-9-16(13-17)20(23)24-4-2/h6-11,13-14H,3-5,12H2,1-2H3,(H,21,22). The Balaban J connectivity index is 2.05. The van der Waals surface area contributed by atoms with E-state index in [1.165, 1.54) is 0 Å². The fourth-order valence-corrected chi connectivity index (χ4v) is 2.20. The molecule has 0 atom stereocenters. The zero-order valence-corrected chi connectivity index (χ0v) is 14.6. The number of rotatable bonds is 8. The second kappa shape index (κ2) is 9.47. The van der Waals surface area contributed by atoms with Crippen LogP contribution in [0.4, 0.5) is 5.69 Å². The van der Waals surface area contributed by atoms with Crippen molar-refractivity contribution in [2.45, 2.75) is 26.7 Å². The molecule has 1 N–H and O–H groups in total. The zero-order chi connectivity index (χ0) is 18.1. The Morgan fingerprint density at radius 2 is 1.76 bits per heavy atom. The lowest BCUT2D eigenvalue weighted by Crippen LogP contribution is -2.13. The molecule has 0 saturated carbocycles. The number of carbonyl (C=O) groups is 2. The van der Waals surface area contributed by atoms with Crippen LogP contribution in [-0.2, 0) is 4.74 Å². The molecule has 0 heterocycles. The van der Waals surface area contributed by atoms with Crippen LogP contribution in [-0.4, -0.2) is 25.1 Å². The third-order valence-electron chi connectivity index (χ3n) is 3.49. The van der Waals surface area contributed by atoms with Gasteiger partial charge < -0.3 is 14.8 Å². The number of benzene rings is 2. The molecule has 0 spiro atoms. The molecule has 0 aliphatic rings. The lowest BCUT2D eigenvalue weighted by atomic mass is 10.1. The Morgan fingerprint density at radius 1 is 1.00 bits per heavy atom. The van der Waals surface area contributed by atoms with Crippen LogP contribution >= 0.6 is 0 Å². The maximum absolute atomic E-state index is 12.4. The quantitative estimate of drug-likeness (QED) is 0.574. The van der Waals surface area contributed by atoms with E-state index in [9.17, 15) is 9.59 Å². The van der Waals surface area contributed by atoms with E-state index in [4.69, 9.17) is 9.47 Å². The molecule has 5 heteroatoms. The SMILES string of the molecule is CCCCOc1cccc(C(=O)Nc2cccc(C(=O)OCC)c2)c1. The van der Waals surface area contributed by atoms with Crippen molar-refractivity contribution in [1.29, 1.82) is 0 Å². The summed E-state index contributed by atoms with van der Waals surface area (Å²) in [6.07, 6.45) is 2.02. The molecule has 0 radical (unpaired) electrons. The molecule has 0 fully saturated rings. The van der Waals surface area contributed by atoms with Gasteiger partial charge in [0.1, 0.15) is 5.75 Å². The maximum atomic E-state index is 12.4. The third-order valence-corrected chi connectivity index (χ3v) is 3.49. The van der Waals surface area contributed by atoms with E-state index in [1.54, 1.807) is 49.4 Å². The van der Waals surface area contributed by atoms with Crippen molar-refractivity contribution in [2.75, 3.05) is 18.5 Å². The number of hydrogen-bond acceptors (Lipinski definition) is 4. The van der Waals surface area contributed by atoms with Gasteiger partial charge in [-0.1, -0.05) is 25.5 Å². The average molecular weight is 341 g/mol. The molecule has 0 aliphatic heterocycles. The van der Waals surface area contributed by atoms with Gasteiger partial charge in [0.05, 0.1) is 18.8 Å². The second-order valence-electron chi connectivity index (χ2n) is 5.49. The first kappa shape index (κ1) is 18.5. The maximum Gasteiger partial charge on any atom is 0.338 e. The highest BCUT2D eigenvalue weighted by molar-refractivity contribution is 6.05. The zero-order valence-electron chi connectivity index (χ0n) is 14.6. The number of esters is 1. The predicted octanol–water partition coefficient (Wildman–Crippen LogP) is 4.29. The lowest BCUT2D eigenvalue weighted by molar-refractivity contribution is 0.0526. The Labute approximate surface area is 148 Å². The van der Waals surface area contributed by atoms with E-state index in [0.29, 0.717) is 35.8 Å². The molecule has 0 saturated heterocycles. The Morgan fingerprint density at radius 3 is 2.52 bits per heavy atom. The minimum absolute atomic E-state index is 0.262. The van der Waals surface area contributed by atoms with Gasteiger partial charge in [-0.25, -0.2) is 4.79 Å². The van der Waals surface area contributed by atoms with E-state index < -0.39 is 5.97 Å². The summed E-state index contributed by atoms with van der Waals surface area (Å²) in [5.74, 6) is -0.00625. The highest BCUT2D eigenvalue weighted by Crippen LogP contribution is 2.17. The minimum atomic E-state index is -0.412. The first-order valence-corrected chi connectivity index (χ1v) is 8.45. The van der Waals surface area contributed by atoms with Crippen molar-refractivity contribution in [3.05, 3.63) is 59.7 Å². The predicted molar refractivity (Wildman–Crippen MR) is 97.2 cm³/mol. The van der Waals surface area contributed by atoms with Gasteiger partial charge in [-0.15, -0.1) is 0 Å². The van der Waals surface area contributed by atoms with Gasteiger partial charge in [-0.3, -0.25) is 4.79 Å². The summed E-state index contributed by atoms with van der Waals surface area (Å²) in [4.78, 5) is 24.2. The average Bonchev–Trinajstić information content (AvgIpc) is 2.62. The number of unbranched alkanes of at least 4 members (excludes halogenated alkanes) is 1. The number of anilines is 1. The van der Waals surface area contributed by atoms with Gasteiger partial charge in [-0.2, -0.15) is 0 Å². The molecular weight excluding hydrogens is 318 g/mol. The van der Waals surface area contributed by atoms with Gasteiger partial charge >= 0.3 is 5.97 Å². The van der Waals surface area contributed by atoms with Gasteiger partial charge in [0.15, 0.2) is 0 Å². The highest BCUT2D eigenvalue weighted by Gasteiger charge is 2.10. The van der Waals surface area contributed by atoms with E-state index >= 15 is 0 Å². The topological polar surface area (TPSA) is 64.6 Å². The normalized spacial score (nSPS) is 10.2. The van der Waals surface area contributed by atoms with Gasteiger partial charge in [0, 0.05) is 11.3 Å². The Bertz CT molecular complexity index is 727. The van der Waals surface area contributed by atoms with E-state index in [-0.39, 0.29) is 5.91 Å². The number of hydrogen-bond donors (Lipinski definition) is 1. The van der Waals surface area contributed by atoms with Crippen molar-refractivity contribution in [3.63, 3.8) is 0 Å². The molecule has 5 nitrogen and oxygen atoms in total. The van der Waals surface area contributed by atoms with Crippen LogP contribution in [0, 0.1) is 0 Å². The van der Waals surface area contributed by atoms with Crippen molar-refractivity contribution in [1.82, 2.24) is 0 Å². The van der Waals surface area contributed by atoms with E-state index in [2.05, 4.69) is 12.2 Å². The molecule has 132 valence electrons. The number of ether oxygens (including phenoxy) is 2. The fraction of sp³-hybridized carbons (Fsp3) is 0.300. The van der Waals surface area contributed by atoms with E-state index in [0.717, 1.165) is 12.8 Å². The van der Waals surface area contributed by atoms with Gasteiger partial charge in [-0.05, 0) is 49.7 Å². The minimum Gasteiger partial charge on any atom is -0.494 e. The third kappa shape index (κ3) is 5.64.